The lowest BCUT2D eigenvalue weighted by Gasteiger charge is -2.26. The molecule has 0 spiro atoms. The number of rotatable bonds is 6. The van der Waals surface area contributed by atoms with E-state index in [0.717, 1.165) is 66.4 Å². The zero-order valence-electron chi connectivity index (χ0n) is 19.9. The van der Waals surface area contributed by atoms with Crippen molar-refractivity contribution >= 4 is 39.0 Å². The average Bonchev–Trinajstić information content (AvgIpc) is 3.39. The number of likely N-dealkylation sites (N-methyl/N-ethyl adjacent to an activating group) is 1. The zero-order valence-corrected chi connectivity index (χ0v) is 20.7. The van der Waals surface area contributed by atoms with E-state index in [9.17, 15) is 4.79 Å². The van der Waals surface area contributed by atoms with Crippen LogP contribution in [0.5, 0.6) is 0 Å². The number of hydrogen-bond donors (Lipinski definition) is 3. The second kappa shape index (κ2) is 9.48. The summed E-state index contributed by atoms with van der Waals surface area (Å²) in [6.45, 7) is 4.55. The van der Waals surface area contributed by atoms with E-state index in [1.54, 1.807) is 7.11 Å². The van der Waals surface area contributed by atoms with Gasteiger partial charge in [0.1, 0.15) is 15.5 Å². The molecule has 1 aliphatic heterocycles. The van der Waals surface area contributed by atoms with Crippen LogP contribution in [0.3, 0.4) is 0 Å². The number of fused-ring (bicyclic) bond motifs is 2. The number of anilines is 2. The highest BCUT2D eigenvalue weighted by molar-refractivity contribution is 7.21. The lowest BCUT2D eigenvalue weighted by atomic mass is 9.91. The fourth-order valence-corrected chi connectivity index (χ4v) is 6.22. The Kier molecular flexibility index (Phi) is 6.42. The minimum Gasteiger partial charge on any atom is -0.397 e. The molecule has 1 aliphatic carbocycles. The first kappa shape index (κ1) is 23.0. The first-order chi connectivity index (χ1) is 16.5. The number of thiophene rings is 1. The topological polar surface area (TPSA) is 105 Å². The van der Waals surface area contributed by atoms with Crippen LogP contribution >= 0.6 is 11.3 Å². The van der Waals surface area contributed by atoms with Gasteiger partial charge in [0.2, 0.25) is 0 Å². The fraction of sp³-hybridized carbons (Fsp3) is 0.480. The van der Waals surface area contributed by atoms with Crippen LogP contribution in [-0.2, 0) is 17.6 Å². The van der Waals surface area contributed by atoms with Gasteiger partial charge in [-0.3, -0.25) is 4.79 Å². The number of amides is 1. The SMILES string of the molecule is CNC1CN(c2ccc3c(n2)CCC(NC(=O)c2sc4nc(C)ccc4c2N)C3)CC1COC. The molecule has 3 aromatic rings. The molecule has 4 heterocycles. The number of methoxy groups -OCH3 is 1. The molecule has 1 saturated heterocycles. The van der Waals surface area contributed by atoms with Crippen LogP contribution < -0.4 is 21.3 Å². The minimum atomic E-state index is -0.115. The number of nitrogens with two attached hydrogens (primary N) is 1. The van der Waals surface area contributed by atoms with Crippen molar-refractivity contribution in [2.24, 2.45) is 5.92 Å². The quantitative estimate of drug-likeness (QED) is 0.498. The molecular formula is C25H32N6O2S. The molecule has 180 valence electrons. The van der Waals surface area contributed by atoms with Gasteiger partial charge in [-0.25, -0.2) is 9.97 Å². The number of nitrogens with one attached hydrogen (secondary N) is 2. The van der Waals surface area contributed by atoms with E-state index in [-0.39, 0.29) is 11.9 Å². The van der Waals surface area contributed by atoms with Crippen molar-refractivity contribution in [1.82, 2.24) is 20.6 Å². The van der Waals surface area contributed by atoms with Crippen LogP contribution in [0.2, 0.25) is 0 Å². The van der Waals surface area contributed by atoms with E-state index in [1.807, 2.05) is 26.1 Å². The molecule has 9 heteroatoms. The van der Waals surface area contributed by atoms with Gasteiger partial charge in [-0.2, -0.15) is 0 Å². The summed E-state index contributed by atoms with van der Waals surface area (Å²) in [6, 6.07) is 8.62. The van der Waals surface area contributed by atoms with Crippen LogP contribution in [0.1, 0.15) is 33.0 Å². The third-order valence-electron chi connectivity index (χ3n) is 7.04. The maximum atomic E-state index is 13.0. The summed E-state index contributed by atoms with van der Waals surface area (Å²) in [4.78, 5) is 26.2. The lowest BCUT2D eigenvalue weighted by molar-refractivity contribution is 0.0938. The summed E-state index contributed by atoms with van der Waals surface area (Å²) in [5, 5.41) is 7.46. The van der Waals surface area contributed by atoms with Gasteiger partial charge in [0.05, 0.1) is 12.3 Å². The molecule has 0 saturated carbocycles. The molecule has 34 heavy (non-hydrogen) atoms. The Balaban J connectivity index is 1.26. The third-order valence-corrected chi connectivity index (χ3v) is 8.15. The Morgan fingerprint density at radius 1 is 1.26 bits per heavy atom. The maximum Gasteiger partial charge on any atom is 0.263 e. The largest absolute Gasteiger partial charge is 0.397 e. The molecule has 0 radical (unpaired) electrons. The van der Waals surface area contributed by atoms with E-state index in [4.69, 9.17) is 15.5 Å². The molecule has 5 rings (SSSR count). The Hall–Kier alpha value is -2.75. The Morgan fingerprint density at radius 3 is 2.91 bits per heavy atom. The van der Waals surface area contributed by atoms with Crippen molar-refractivity contribution in [2.75, 3.05) is 44.5 Å². The summed E-state index contributed by atoms with van der Waals surface area (Å²) >= 11 is 1.36. The molecule has 3 unspecified atom stereocenters. The van der Waals surface area contributed by atoms with Crippen LogP contribution in [-0.4, -0.2) is 61.8 Å². The van der Waals surface area contributed by atoms with Gasteiger partial charge >= 0.3 is 0 Å². The van der Waals surface area contributed by atoms with E-state index >= 15 is 0 Å². The second-order valence-electron chi connectivity index (χ2n) is 9.35. The van der Waals surface area contributed by atoms with Crippen molar-refractivity contribution in [3.63, 3.8) is 0 Å². The van der Waals surface area contributed by atoms with E-state index in [1.165, 1.54) is 16.9 Å². The van der Waals surface area contributed by atoms with Gasteiger partial charge in [-0.15, -0.1) is 11.3 Å². The highest BCUT2D eigenvalue weighted by atomic mass is 32.1. The molecule has 4 N–H and O–H groups in total. The summed E-state index contributed by atoms with van der Waals surface area (Å²) in [7, 11) is 3.77. The number of pyridine rings is 2. The number of nitrogens with zero attached hydrogens (tertiary/aromatic N) is 3. The summed E-state index contributed by atoms with van der Waals surface area (Å²) < 4.78 is 5.41. The molecule has 3 atom stereocenters. The molecule has 1 fully saturated rings. The van der Waals surface area contributed by atoms with Crippen LogP contribution in [0, 0.1) is 12.8 Å². The van der Waals surface area contributed by atoms with Crippen molar-refractivity contribution in [2.45, 2.75) is 38.3 Å². The highest BCUT2D eigenvalue weighted by Gasteiger charge is 2.33. The average molecular weight is 481 g/mol. The molecule has 0 aromatic carbocycles. The molecule has 0 bridgehead atoms. The smallest absolute Gasteiger partial charge is 0.263 e. The second-order valence-corrected chi connectivity index (χ2v) is 10.4. The maximum absolute atomic E-state index is 13.0. The van der Waals surface area contributed by atoms with E-state index in [0.29, 0.717) is 22.5 Å². The third kappa shape index (κ3) is 4.35. The summed E-state index contributed by atoms with van der Waals surface area (Å²) in [5.41, 5.74) is 10.1. The number of ether oxygens (including phenoxy) is 1. The van der Waals surface area contributed by atoms with Crippen molar-refractivity contribution in [3.8, 4) is 0 Å². The zero-order chi connectivity index (χ0) is 23.8. The van der Waals surface area contributed by atoms with Crippen LogP contribution in [0.4, 0.5) is 11.5 Å². The Bertz CT molecular complexity index is 1210. The standard InChI is InChI=1S/C25H32N6O2S/c1-14-4-7-18-22(26)23(34-25(18)28-14)24(32)29-17-6-8-19-15(10-17)5-9-21(30-19)31-11-16(13-33-3)20(12-31)27-2/h4-5,7,9,16-17,20,27H,6,8,10-13,26H2,1-3H3,(H,29,32). The summed E-state index contributed by atoms with van der Waals surface area (Å²) in [5.74, 6) is 1.37. The molecule has 3 aromatic heterocycles. The summed E-state index contributed by atoms with van der Waals surface area (Å²) in [6.07, 6.45) is 2.49. The predicted molar refractivity (Wildman–Crippen MR) is 137 cm³/mol. The first-order valence-corrected chi connectivity index (χ1v) is 12.6. The number of nitrogen functional groups attached to an aromatic ring is 1. The van der Waals surface area contributed by atoms with Gasteiger partial charge in [-0.05, 0) is 57.0 Å². The minimum absolute atomic E-state index is 0.0681. The van der Waals surface area contributed by atoms with Gasteiger partial charge in [-0.1, -0.05) is 6.07 Å². The fourth-order valence-electron chi connectivity index (χ4n) is 5.18. The van der Waals surface area contributed by atoms with Crippen molar-refractivity contribution < 1.29 is 9.53 Å². The van der Waals surface area contributed by atoms with Gasteiger partial charge in [0, 0.05) is 55.0 Å². The van der Waals surface area contributed by atoms with Crippen LogP contribution in [0.25, 0.3) is 10.2 Å². The normalized spacial score (nSPS) is 22.2. The Labute approximate surface area is 203 Å². The first-order valence-electron chi connectivity index (χ1n) is 11.8. The molecular weight excluding hydrogens is 448 g/mol. The predicted octanol–water partition coefficient (Wildman–Crippen LogP) is 2.54. The monoisotopic (exact) mass is 480 g/mol. The van der Waals surface area contributed by atoms with Gasteiger partial charge in [0.15, 0.2) is 0 Å². The van der Waals surface area contributed by atoms with Crippen LogP contribution in [0.15, 0.2) is 24.3 Å². The molecule has 1 amide bonds. The van der Waals surface area contributed by atoms with E-state index in [2.05, 4.69) is 32.7 Å². The molecule has 8 nitrogen and oxygen atoms in total. The van der Waals surface area contributed by atoms with E-state index < -0.39 is 0 Å². The lowest BCUT2D eigenvalue weighted by Crippen LogP contribution is -2.39. The van der Waals surface area contributed by atoms with Gasteiger partial charge in [0.25, 0.3) is 5.91 Å². The van der Waals surface area contributed by atoms with Crippen molar-refractivity contribution in [3.05, 3.63) is 46.1 Å². The number of carbonyl (C=O) groups is 1. The number of aromatic nitrogens is 2. The number of hydrogen-bond acceptors (Lipinski definition) is 8. The van der Waals surface area contributed by atoms with Gasteiger partial charge < -0.3 is 26.0 Å². The number of aryl methyl sites for hydroxylation is 2. The Morgan fingerprint density at radius 2 is 2.12 bits per heavy atom. The highest BCUT2D eigenvalue weighted by Crippen LogP contribution is 2.33. The number of carbonyl (C=O) groups excluding carboxylic acids is 1. The molecule has 2 aliphatic rings. The van der Waals surface area contributed by atoms with Crippen molar-refractivity contribution in [1.29, 1.82) is 0 Å².